The molecule has 0 saturated heterocycles. The lowest BCUT2D eigenvalue weighted by Gasteiger charge is -2.25. The van der Waals surface area contributed by atoms with Gasteiger partial charge in [-0.3, -0.25) is 0 Å². The number of rotatable bonds is 0. The lowest BCUT2D eigenvalue weighted by atomic mass is 9.78. The molecule has 0 bridgehead atoms. The fourth-order valence-corrected chi connectivity index (χ4v) is 12.0. The van der Waals surface area contributed by atoms with Crippen LogP contribution in [0.15, 0.2) is 133 Å². The van der Waals surface area contributed by atoms with Crippen molar-refractivity contribution in [2.45, 2.75) is 77.0 Å². The van der Waals surface area contributed by atoms with Gasteiger partial charge in [-0.2, -0.15) is 0 Å². The van der Waals surface area contributed by atoms with Gasteiger partial charge in [0.1, 0.15) is 0 Å². The molecule has 0 amide bonds. The molecule has 0 fully saturated rings. The van der Waals surface area contributed by atoms with E-state index in [4.69, 9.17) is 23.2 Å². The van der Waals surface area contributed by atoms with Crippen molar-refractivity contribution in [3.8, 4) is 44.5 Å². The Morgan fingerprint density at radius 3 is 1.31 bits per heavy atom. The first-order valence-electron chi connectivity index (χ1n) is 20.6. The molecule has 58 heavy (non-hydrogen) atoms. The molecule has 0 aromatic heterocycles. The SMILES string of the molecule is CC1(C)c2cc3c(cc2-c2c(Cl)cccc21)C(C)(C)c1c-3ccc2ccccc12.CC1(C)c2cc3c(cc2-c2cc4ccccc4cc21)C(C)(C)c1cccc(Cl)c1-3. The van der Waals surface area contributed by atoms with Crippen molar-refractivity contribution in [3.05, 3.63) is 188 Å². The van der Waals surface area contributed by atoms with E-state index in [0.717, 1.165) is 10.0 Å². The highest BCUT2D eigenvalue weighted by Gasteiger charge is 2.44. The van der Waals surface area contributed by atoms with Crippen molar-refractivity contribution in [3.63, 3.8) is 0 Å². The Morgan fingerprint density at radius 2 is 0.724 bits per heavy atom. The van der Waals surface area contributed by atoms with Gasteiger partial charge in [0.2, 0.25) is 0 Å². The maximum Gasteiger partial charge on any atom is 0.0487 e. The molecule has 2 heteroatoms. The van der Waals surface area contributed by atoms with E-state index in [1.165, 1.54) is 111 Å². The quantitative estimate of drug-likeness (QED) is 0.144. The van der Waals surface area contributed by atoms with E-state index in [9.17, 15) is 0 Å². The summed E-state index contributed by atoms with van der Waals surface area (Å²) in [5.74, 6) is 0. The number of hydrogen-bond donors (Lipinski definition) is 0. The van der Waals surface area contributed by atoms with Gasteiger partial charge in [-0.15, -0.1) is 0 Å². The second kappa shape index (κ2) is 11.7. The lowest BCUT2D eigenvalue weighted by Crippen LogP contribution is -2.17. The largest absolute Gasteiger partial charge is 0.0837 e. The molecule has 0 spiro atoms. The topological polar surface area (TPSA) is 0 Å². The van der Waals surface area contributed by atoms with Gasteiger partial charge in [-0.25, -0.2) is 0 Å². The Hall–Kier alpha value is -5.14. The number of fused-ring (bicyclic) bond motifs is 15. The molecule has 0 heterocycles. The predicted molar refractivity (Wildman–Crippen MR) is 248 cm³/mol. The molecule has 12 rings (SSSR count). The Kier molecular flexibility index (Phi) is 7.29. The Balaban J connectivity index is 0.000000133. The van der Waals surface area contributed by atoms with Gasteiger partial charge in [-0.1, -0.05) is 164 Å². The first kappa shape index (κ1) is 36.0. The molecule has 4 aliphatic rings. The van der Waals surface area contributed by atoms with Crippen LogP contribution < -0.4 is 0 Å². The van der Waals surface area contributed by atoms with Gasteiger partial charge in [0, 0.05) is 42.8 Å². The first-order chi connectivity index (χ1) is 27.6. The summed E-state index contributed by atoms with van der Waals surface area (Å²) >= 11 is 13.4. The van der Waals surface area contributed by atoms with Crippen LogP contribution in [0, 0.1) is 0 Å². The summed E-state index contributed by atoms with van der Waals surface area (Å²) in [5, 5.41) is 7.01. The summed E-state index contributed by atoms with van der Waals surface area (Å²) < 4.78 is 0. The van der Waals surface area contributed by atoms with Gasteiger partial charge in [-0.05, 0) is 148 Å². The number of hydrogen-bond acceptors (Lipinski definition) is 0. The molecule has 0 radical (unpaired) electrons. The highest BCUT2D eigenvalue weighted by molar-refractivity contribution is 6.34. The average Bonchev–Trinajstić information content (AvgIpc) is 3.76. The van der Waals surface area contributed by atoms with Crippen molar-refractivity contribution in [1.82, 2.24) is 0 Å². The molecule has 8 aromatic rings. The minimum atomic E-state index is -0.0473. The molecule has 284 valence electrons. The summed E-state index contributed by atoms with van der Waals surface area (Å²) in [5.41, 5.74) is 21.5. The summed E-state index contributed by atoms with van der Waals surface area (Å²) in [6, 6.07) is 49.2. The molecule has 0 atom stereocenters. The second-order valence-electron chi connectivity index (χ2n) is 19.2. The zero-order valence-corrected chi connectivity index (χ0v) is 36.0. The van der Waals surface area contributed by atoms with E-state index in [1.807, 2.05) is 12.1 Å². The van der Waals surface area contributed by atoms with Crippen molar-refractivity contribution in [2.24, 2.45) is 0 Å². The van der Waals surface area contributed by atoms with Gasteiger partial charge in [0.15, 0.2) is 0 Å². The summed E-state index contributed by atoms with van der Waals surface area (Å²) in [6.45, 7) is 18.7. The van der Waals surface area contributed by atoms with Crippen LogP contribution in [-0.4, -0.2) is 0 Å². The first-order valence-corrected chi connectivity index (χ1v) is 21.4. The fraction of sp³-hybridized carbons (Fsp3) is 0.214. The molecular formula is C56H46Cl2. The van der Waals surface area contributed by atoms with E-state index in [1.54, 1.807) is 0 Å². The van der Waals surface area contributed by atoms with E-state index < -0.39 is 0 Å². The minimum Gasteiger partial charge on any atom is -0.0837 e. The van der Waals surface area contributed by atoms with Crippen molar-refractivity contribution in [1.29, 1.82) is 0 Å². The van der Waals surface area contributed by atoms with Crippen LogP contribution in [0.4, 0.5) is 0 Å². The predicted octanol–water partition coefficient (Wildman–Crippen LogP) is 16.2. The van der Waals surface area contributed by atoms with Crippen LogP contribution in [0.5, 0.6) is 0 Å². The highest BCUT2D eigenvalue weighted by atomic mass is 35.5. The van der Waals surface area contributed by atoms with E-state index in [-0.39, 0.29) is 21.7 Å². The molecular weight excluding hydrogens is 744 g/mol. The number of benzene rings is 8. The van der Waals surface area contributed by atoms with Crippen LogP contribution in [-0.2, 0) is 21.7 Å². The van der Waals surface area contributed by atoms with Gasteiger partial charge in [0.25, 0.3) is 0 Å². The fourth-order valence-electron chi connectivity index (χ4n) is 11.5. The minimum absolute atomic E-state index is 0.0299. The van der Waals surface area contributed by atoms with E-state index >= 15 is 0 Å². The molecule has 8 aromatic carbocycles. The third-order valence-corrected chi connectivity index (χ3v) is 15.2. The van der Waals surface area contributed by atoms with Crippen LogP contribution in [0.1, 0.15) is 99.9 Å². The molecule has 0 aliphatic heterocycles. The van der Waals surface area contributed by atoms with Crippen LogP contribution in [0.2, 0.25) is 10.0 Å². The lowest BCUT2D eigenvalue weighted by molar-refractivity contribution is 0.652. The summed E-state index contributed by atoms with van der Waals surface area (Å²) in [4.78, 5) is 0. The Labute approximate surface area is 352 Å². The van der Waals surface area contributed by atoms with Crippen LogP contribution >= 0.6 is 23.2 Å². The molecule has 0 unspecified atom stereocenters. The van der Waals surface area contributed by atoms with Crippen LogP contribution in [0.25, 0.3) is 66.1 Å². The third kappa shape index (κ3) is 4.60. The standard InChI is InChI=1S/2C28H23Cl/c1-27(2)21-10-7-11-25(29)26(21)20-15-23-19(14-24(20)27)18-12-16-8-5-6-9-17(16)13-22(18)28(23,3)4;1-27(2)21-10-7-11-24(29)25(21)20-15-22-19(14-23(20)27)18-13-12-16-8-5-6-9-17(16)26(18)28(22,3)4/h2*5-15H,1-4H3. The second-order valence-corrected chi connectivity index (χ2v) is 20.0. The normalized spacial score (nSPS) is 17.0. The van der Waals surface area contributed by atoms with Gasteiger partial charge < -0.3 is 0 Å². The van der Waals surface area contributed by atoms with E-state index in [0.29, 0.717) is 0 Å². The molecule has 0 N–H and O–H groups in total. The monoisotopic (exact) mass is 788 g/mol. The molecule has 0 saturated carbocycles. The Morgan fingerprint density at radius 1 is 0.310 bits per heavy atom. The zero-order valence-electron chi connectivity index (χ0n) is 34.5. The molecule has 4 aliphatic carbocycles. The van der Waals surface area contributed by atoms with E-state index in [2.05, 4.69) is 177 Å². The van der Waals surface area contributed by atoms with Crippen molar-refractivity contribution < 1.29 is 0 Å². The highest BCUT2D eigenvalue weighted by Crippen LogP contribution is 2.59. The van der Waals surface area contributed by atoms with Gasteiger partial charge in [0.05, 0.1) is 0 Å². The average molecular weight is 790 g/mol. The molecule has 0 nitrogen and oxygen atoms in total. The Bertz CT molecular complexity index is 3090. The third-order valence-electron chi connectivity index (χ3n) is 14.6. The maximum atomic E-state index is 6.71. The van der Waals surface area contributed by atoms with Crippen molar-refractivity contribution >= 4 is 44.7 Å². The zero-order chi connectivity index (χ0) is 40.3. The van der Waals surface area contributed by atoms with Crippen molar-refractivity contribution in [2.75, 3.05) is 0 Å². The van der Waals surface area contributed by atoms with Crippen LogP contribution in [0.3, 0.4) is 0 Å². The maximum absolute atomic E-state index is 6.71. The summed E-state index contributed by atoms with van der Waals surface area (Å²) in [6.07, 6.45) is 0. The van der Waals surface area contributed by atoms with Gasteiger partial charge >= 0.3 is 0 Å². The summed E-state index contributed by atoms with van der Waals surface area (Å²) in [7, 11) is 0. The number of halogens is 2. The smallest absolute Gasteiger partial charge is 0.0487 e.